The van der Waals surface area contributed by atoms with Crippen molar-refractivity contribution in [1.29, 1.82) is 0 Å². The number of hydrogen-bond donors (Lipinski definition) is 1. The number of halogens is 2. The summed E-state index contributed by atoms with van der Waals surface area (Å²) < 4.78 is 0. The van der Waals surface area contributed by atoms with Gasteiger partial charge < -0.3 is 5.11 Å². The third kappa shape index (κ3) is 10.8. The highest BCUT2D eigenvalue weighted by molar-refractivity contribution is 9.09. The minimum Gasteiger partial charge on any atom is -0.393 e. The zero-order valence-corrected chi connectivity index (χ0v) is 11.3. The Morgan fingerprint density at radius 3 is 1.77 bits per heavy atom. The maximum atomic E-state index is 9.55. The SMILES string of the molecule is OC(CCCCBr)CCCCCBr. The first-order valence-electron chi connectivity index (χ1n) is 5.11. The minimum atomic E-state index is -0.0608. The number of hydrogen-bond acceptors (Lipinski definition) is 1. The molecule has 0 rings (SSSR count). The van der Waals surface area contributed by atoms with E-state index >= 15 is 0 Å². The van der Waals surface area contributed by atoms with Crippen molar-refractivity contribution in [3.05, 3.63) is 0 Å². The van der Waals surface area contributed by atoms with Crippen LogP contribution in [0.3, 0.4) is 0 Å². The van der Waals surface area contributed by atoms with Crippen LogP contribution in [0.4, 0.5) is 0 Å². The second-order valence-electron chi connectivity index (χ2n) is 3.38. The molecule has 1 N–H and O–H groups in total. The van der Waals surface area contributed by atoms with Gasteiger partial charge in [0.1, 0.15) is 0 Å². The summed E-state index contributed by atoms with van der Waals surface area (Å²) in [5.74, 6) is 0. The lowest BCUT2D eigenvalue weighted by molar-refractivity contribution is 0.148. The number of aliphatic hydroxyl groups is 1. The van der Waals surface area contributed by atoms with Gasteiger partial charge in [0.25, 0.3) is 0 Å². The van der Waals surface area contributed by atoms with Crippen molar-refractivity contribution in [1.82, 2.24) is 0 Å². The number of unbranched alkanes of at least 4 members (excludes halogenated alkanes) is 3. The van der Waals surface area contributed by atoms with Gasteiger partial charge in [-0.05, 0) is 25.7 Å². The quantitative estimate of drug-likeness (QED) is 0.506. The number of alkyl halides is 2. The lowest BCUT2D eigenvalue weighted by Crippen LogP contribution is -2.06. The molecule has 0 aliphatic carbocycles. The molecule has 1 atom stereocenters. The Kier molecular flexibility index (Phi) is 11.8. The van der Waals surface area contributed by atoms with Crippen LogP contribution in [0.2, 0.25) is 0 Å². The van der Waals surface area contributed by atoms with Crippen molar-refractivity contribution >= 4 is 31.9 Å². The average Bonchev–Trinajstić information content (AvgIpc) is 2.13. The molecule has 0 heterocycles. The lowest BCUT2D eigenvalue weighted by Gasteiger charge is -2.08. The van der Waals surface area contributed by atoms with E-state index in [2.05, 4.69) is 31.9 Å². The van der Waals surface area contributed by atoms with Gasteiger partial charge in [0.15, 0.2) is 0 Å². The Morgan fingerprint density at radius 1 is 0.769 bits per heavy atom. The van der Waals surface area contributed by atoms with E-state index in [4.69, 9.17) is 0 Å². The smallest absolute Gasteiger partial charge is 0.0540 e. The molecule has 0 aromatic heterocycles. The molecule has 0 bridgehead atoms. The van der Waals surface area contributed by atoms with Gasteiger partial charge in [0.2, 0.25) is 0 Å². The molecule has 80 valence electrons. The third-order valence-electron chi connectivity index (χ3n) is 2.09. The van der Waals surface area contributed by atoms with Gasteiger partial charge in [-0.1, -0.05) is 51.1 Å². The summed E-state index contributed by atoms with van der Waals surface area (Å²) in [4.78, 5) is 0. The van der Waals surface area contributed by atoms with Gasteiger partial charge in [-0.3, -0.25) is 0 Å². The van der Waals surface area contributed by atoms with Crippen LogP contribution >= 0.6 is 31.9 Å². The molecule has 0 aliphatic rings. The van der Waals surface area contributed by atoms with Crippen LogP contribution in [0.25, 0.3) is 0 Å². The van der Waals surface area contributed by atoms with Crippen LogP contribution in [0.5, 0.6) is 0 Å². The summed E-state index contributed by atoms with van der Waals surface area (Å²) in [5.41, 5.74) is 0. The maximum Gasteiger partial charge on any atom is 0.0540 e. The normalized spacial score (nSPS) is 13.2. The van der Waals surface area contributed by atoms with Crippen molar-refractivity contribution < 1.29 is 5.11 Å². The van der Waals surface area contributed by atoms with E-state index in [1.165, 1.54) is 25.7 Å². The second kappa shape index (κ2) is 11.0. The fourth-order valence-electron chi connectivity index (χ4n) is 1.27. The molecule has 0 aliphatic heterocycles. The van der Waals surface area contributed by atoms with Crippen LogP contribution in [-0.2, 0) is 0 Å². The molecule has 1 nitrogen and oxygen atoms in total. The van der Waals surface area contributed by atoms with Crippen molar-refractivity contribution in [2.45, 2.75) is 51.0 Å². The van der Waals surface area contributed by atoms with Crippen LogP contribution in [0.15, 0.2) is 0 Å². The van der Waals surface area contributed by atoms with E-state index in [9.17, 15) is 5.11 Å². The summed E-state index contributed by atoms with van der Waals surface area (Å²) in [5, 5.41) is 11.7. The molecule has 0 fully saturated rings. The Morgan fingerprint density at radius 2 is 1.23 bits per heavy atom. The standard InChI is InChI=1S/C10H20Br2O/c11-8-4-1-2-6-10(13)7-3-5-9-12/h10,13H,1-9H2. The van der Waals surface area contributed by atoms with Crippen molar-refractivity contribution in [3.8, 4) is 0 Å². The van der Waals surface area contributed by atoms with Crippen LogP contribution < -0.4 is 0 Å². The molecular formula is C10H20Br2O. The fourth-order valence-corrected chi connectivity index (χ4v) is 2.06. The summed E-state index contributed by atoms with van der Waals surface area (Å²) in [6.45, 7) is 0. The van der Waals surface area contributed by atoms with Gasteiger partial charge in [-0.2, -0.15) is 0 Å². The largest absolute Gasteiger partial charge is 0.393 e. The van der Waals surface area contributed by atoms with E-state index in [1.54, 1.807) is 0 Å². The topological polar surface area (TPSA) is 20.2 Å². The average molecular weight is 316 g/mol. The molecule has 13 heavy (non-hydrogen) atoms. The van der Waals surface area contributed by atoms with E-state index in [0.29, 0.717) is 0 Å². The van der Waals surface area contributed by atoms with Crippen molar-refractivity contribution in [3.63, 3.8) is 0 Å². The zero-order chi connectivity index (χ0) is 9.94. The number of rotatable bonds is 9. The van der Waals surface area contributed by atoms with Gasteiger partial charge in [0, 0.05) is 10.7 Å². The van der Waals surface area contributed by atoms with Gasteiger partial charge >= 0.3 is 0 Å². The van der Waals surface area contributed by atoms with E-state index < -0.39 is 0 Å². The van der Waals surface area contributed by atoms with Gasteiger partial charge in [0.05, 0.1) is 6.10 Å². The first-order chi connectivity index (χ1) is 6.31. The Labute approximate surface area is 98.6 Å². The Hall–Kier alpha value is 0.920. The first-order valence-corrected chi connectivity index (χ1v) is 7.35. The van der Waals surface area contributed by atoms with Crippen molar-refractivity contribution in [2.24, 2.45) is 0 Å². The van der Waals surface area contributed by atoms with E-state index in [1.807, 2.05) is 0 Å². The highest BCUT2D eigenvalue weighted by atomic mass is 79.9. The molecule has 0 saturated carbocycles. The highest BCUT2D eigenvalue weighted by Crippen LogP contribution is 2.10. The van der Waals surface area contributed by atoms with Crippen molar-refractivity contribution in [2.75, 3.05) is 10.7 Å². The highest BCUT2D eigenvalue weighted by Gasteiger charge is 2.02. The fraction of sp³-hybridized carbons (Fsp3) is 1.00. The monoisotopic (exact) mass is 314 g/mol. The predicted molar refractivity (Wildman–Crippen MR) is 65.9 cm³/mol. The molecule has 0 amide bonds. The summed E-state index contributed by atoms with van der Waals surface area (Å²) in [7, 11) is 0. The van der Waals surface area contributed by atoms with E-state index in [-0.39, 0.29) is 6.10 Å². The molecule has 0 spiro atoms. The second-order valence-corrected chi connectivity index (χ2v) is 4.96. The maximum absolute atomic E-state index is 9.55. The van der Waals surface area contributed by atoms with Crippen LogP contribution in [0, 0.1) is 0 Å². The molecule has 0 saturated heterocycles. The third-order valence-corrected chi connectivity index (χ3v) is 3.21. The van der Waals surface area contributed by atoms with Gasteiger partial charge in [-0.15, -0.1) is 0 Å². The predicted octanol–water partition coefficient (Wildman–Crippen LogP) is 3.87. The zero-order valence-electron chi connectivity index (χ0n) is 8.14. The summed E-state index contributed by atoms with van der Waals surface area (Å²) in [6.07, 6.45) is 7.85. The van der Waals surface area contributed by atoms with E-state index in [0.717, 1.165) is 29.9 Å². The number of aliphatic hydroxyl groups excluding tert-OH is 1. The van der Waals surface area contributed by atoms with Crippen LogP contribution in [-0.4, -0.2) is 21.9 Å². The van der Waals surface area contributed by atoms with Crippen LogP contribution in [0.1, 0.15) is 44.9 Å². The molecular weight excluding hydrogens is 296 g/mol. The minimum absolute atomic E-state index is 0.0608. The van der Waals surface area contributed by atoms with Gasteiger partial charge in [-0.25, -0.2) is 0 Å². The summed E-state index contributed by atoms with van der Waals surface area (Å²) >= 11 is 6.79. The first kappa shape index (κ1) is 13.9. The molecule has 0 radical (unpaired) electrons. The lowest BCUT2D eigenvalue weighted by atomic mass is 10.1. The Balaban J connectivity index is 3.05. The summed E-state index contributed by atoms with van der Waals surface area (Å²) in [6, 6.07) is 0. The molecule has 0 aromatic carbocycles. The Bertz CT molecular complexity index is 98.9. The molecule has 1 unspecified atom stereocenters. The molecule has 0 aromatic rings. The molecule has 3 heteroatoms.